The highest BCUT2D eigenvalue weighted by Gasteiger charge is 2.05. The van der Waals surface area contributed by atoms with E-state index >= 15 is 0 Å². The molecule has 0 saturated heterocycles. The number of nitrogens with one attached hydrogen (secondary N) is 1. The molecule has 1 unspecified atom stereocenters. The number of hydrogen-bond donors (Lipinski definition) is 2. The summed E-state index contributed by atoms with van der Waals surface area (Å²) >= 11 is 0. The van der Waals surface area contributed by atoms with Crippen LogP contribution in [0.3, 0.4) is 0 Å². The average molecular weight is 246 g/mol. The zero-order valence-corrected chi connectivity index (χ0v) is 9.88. The molecule has 0 amide bonds. The van der Waals surface area contributed by atoms with Crippen molar-refractivity contribution in [1.82, 2.24) is 10.3 Å². The molecule has 1 aromatic heterocycles. The van der Waals surface area contributed by atoms with Crippen LogP contribution < -0.4 is 5.32 Å². The molecule has 4 heteroatoms. The van der Waals surface area contributed by atoms with Crippen molar-refractivity contribution in [1.29, 1.82) is 0 Å². The molecule has 0 bridgehead atoms. The maximum atomic E-state index is 12.7. The molecule has 1 heterocycles. The minimum absolute atomic E-state index is 0.240. The molecule has 2 N–H and O–H groups in total. The number of benzene rings is 1. The van der Waals surface area contributed by atoms with Crippen molar-refractivity contribution in [3.05, 3.63) is 65.7 Å². The van der Waals surface area contributed by atoms with Crippen LogP contribution in [0, 0.1) is 5.82 Å². The Hall–Kier alpha value is -1.78. The molecular weight excluding hydrogens is 231 g/mol. The quantitative estimate of drug-likeness (QED) is 0.848. The molecule has 1 aromatic carbocycles. The first-order chi connectivity index (χ1) is 8.75. The first kappa shape index (κ1) is 12.7. The number of rotatable bonds is 5. The summed E-state index contributed by atoms with van der Waals surface area (Å²) in [6.45, 7) is 1.05. The van der Waals surface area contributed by atoms with Gasteiger partial charge in [0.1, 0.15) is 5.82 Å². The van der Waals surface area contributed by atoms with Crippen LogP contribution in [-0.2, 0) is 6.54 Å². The largest absolute Gasteiger partial charge is 0.387 e. The number of aliphatic hydroxyl groups is 1. The van der Waals surface area contributed by atoms with Gasteiger partial charge >= 0.3 is 0 Å². The Morgan fingerprint density at radius 2 is 1.78 bits per heavy atom. The Morgan fingerprint density at radius 1 is 1.11 bits per heavy atom. The third-order valence-electron chi connectivity index (χ3n) is 2.67. The van der Waals surface area contributed by atoms with Crippen molar-refractivity contribution in [3.8, 4) is 0 Å². The predicted molar refractivity (Wildman–Crippen MR) is 67.3 cm³/mol. The van der Waals surface area contributed by atoms with Gasteiger partial charge in [0.15, 0.2) is 0 Å². The van der Waals surface area contributed by atoms with Crippen LogP contribution in [0.5, 0.6) is 0 Å². The molecule has 0 fully saturated rings. The van der Waals surface area contributed by atoms with Gasteiger partial charge in [-0.25, -0.2) is 4.39 Å². The Balaban J connectivity index is 1.80. The van der Waals surface area contributed by atoms with Crippen LogP contribution >= 0.6 is 0 Å². The highest BCUT2D eigenvalue weighted by Crippen LogP contribution is 2.10. The summed E-state index contributed by atoms with van der Waals surface area (Å²) in [5, 5.41) is 13.0. The Labute approximate surface area is 105 Å². The van der Waals surface area contributed by atoms with E-state index in [9.17, 15) is 9.50 Å². The van der Waals surface area contributed by atoms with Gasteiger partial charge in [-0.2, -0.15) is 0 Å². The van der Waals surface area contributed by atoms with Crippen LogP contribution in [0.4, 0.5) is 4.39 Å². The molecule has 18 heavy (non-hydrogen) atoms. The second-order valence-corrected chi connectivity index (χ2v) is 4.05. The lowest BCUT2D eigenvalue weighted by atomic mass is 10.1. The van der Waals surface area contributed by atoms with E-state index in [1.54, 1.807) is 36.7 Å². The Bertz CT molecular complexity index is 473. The summed E-state index contributed by atoms with van der Waals surface area (Å²) in [7, 11) is 0. The molecule has 0 aliphatic heterocycles. The van der Waals surface area contributed by atoms with Gasteiger partial charge in [-0.1, -0.05) is 12.1 Å². The Kier molecular flexibility index (Phi) is 4.39. The van der Waals surface area contributed by atoms with E-state index in [1.165, 1.54) is 12.1 Å². The third kappa shape index (κ3) is 3.61. The van der Waals surface area contributed by atoms with Gasteiger partial charge in [0.2, 0.25) is 0 Å². The fourth-order valence-electron chi connectivity index (χ4n) is 1.66. The molecular formula is C14H15FN2O. The van der Waals surface area contributed by atoms with Crippen molar-refractivity contribution < 1.29 is 9.50 Å². The van der Waals surface area contributed by atoms with E-state index in [1.807, 2.05) is 0 Å². The zero-order valence-electron chi connectivity index (χ0n) is 9.88. The summed E-state index contributed by atoms with van der Waals surface area (Å²) in [4.78, 5) is 3.90. The highest BCUT2D eigenvalue weighted by atomic mass is 19.1. The Morgan fingerprint density at radius 3 is 2.44 bits per heavy atom. The number of pyridine rings is 1. The summed E-state index contributed by atoms with van der Waals surface area (Å²) in [6.07, 6.45) is 2.74. The van der Waals surface area contributed by atoms with Crippen molar-refractivity contribution in [2.75, 3.05) is 6.54 Å². The first-order valence-electron chi connectivity index (χ1n) is 5.79. The van der Waals surface area contributed by atoms with E-state index in [0.29, 0.717) is 13.1 Å². The second kappa shape index (κ2) is 6.23. The summed E-state index contributed by atoms with van der Waals surface area (Å²) in [5.74, 6) is -0.240. The lowest BCUT2D eigenvalue weighted by Gasteiger charge is -2.11. The van der Waals surface area contributed by atoms with Crippen LogP contribution in [0.1, 0.15) is 17.2 Å². The molecule has 2 rings (SSSR count). The maximum Gasteiger partial charge on any atom is 0.123 e. The number of aliphatic hydroxyl groups excluding tert-OH is 1. The van der Waals surface area contributed by atoms with Crippen molar-refractivity contribution in [2.24, 2.45) is 0 Å². The minimum atomic E-state index is -0.562. The fraction of sp³-hybridized carbons (Fsp3) is 0.214. The van der Waals surface area contributed by atoms with Crippen molar-refractivity contribution in [3.63, 3.8) is 0 Å². The first-order valence-corrected chi connectivity index (χ1v) is 5.79. The second-order valence-electron chi connectivity index (χ2n) is 4.05. The van der Waals surface area contributed by atoms with Crippen LogP contribution in [0.15, 0.2) is 48.8 Å². The minimum Gasteiger partial charge on any atom is -0.387 e. The van der Waals surface area contributed by atoms with Crippen molar-refractivity contribution in [2.45, 2.75) is 12.6 Å². The number of halogens is 1. The van der Waals surface area contributed by atoms with E-state index in [4.69, 9.17) is 0 Å². The molecule has 0 radical (unpaired) electrons. The lowest BCUT2D eigenvalue weighted by Crippen LogP contribution is -2.21. The monoisotopic (exact) mass is 246 g/mol. The highest BCUT2D eigenvalue weighted by molar-refractivity contribution is 5.16. The van der Waals surface area contributed by atoms with Gasteiger partial charge in [-0.05, 0) is 35.4 Å². The molecule has 2 aromatic rings. The zero-order chi connectivity index (χ0) is 12.8. The van der Waals surface area contributed by atoms with Gasteiger partial charge in [0, 0.05) is 25.5 Å². The van der Waals surface area contributed by atoms with E-state index in [0.717, 1.165) is 11.1 Å². The van der Waals surface area contributed by atoms with Gasteiger partial charge in [0.25, 0.3) is 0 Å². The average Bonchev–Trinajstić information content (AvgIpc) is 2.42. The molecule has 0 spiro atoms. The van der Waals surface area contributed by atoms with Gasteiger partial charge in [-0.15, -0.1) is 0 Å². The fourth-order valence-corrected chi connectivity index (χ4v) is 1.66. The van der Waals surface area contributed by atoms with Crippen molar-refractivity contribution >= 4 is 0 Å². The molecule has 0 saturated carbocycles. The van der Waals surface area contributed by atoms with E-state index < -0.39 is 6.10 Å². The summed E-state index contributed by atoms with van der Waals surface area (Å²) < 4.78 is 12.7. The maximum absolute atomic E-state index is 12.7. The number of nitrogens with zero attached hydrogens (tertiary/aromatic N) is 1. The standard InChI is InChI=1S/C14H15FN2O/c15-13-3-1-11(2-4-13)9-17-10-14(18)12-5-7-16-8-6-12/h1-8,14,17-18H,9-10H2. The topological polar surface area (TPSA) is 45.1 Å². The van der Waals surface area contributed by atoms with E-state index in [2.05, 4.69) is 10.3 Å². The van der Waals surface area contributed by atoms with E-state index in [-0.39, 0.29) is 5.82 Å². The van der Waals surface area contributed by atoms with Gasteiger partial charge in [-0.3, -0.25) is 4.98 Å². The normalized spacial score (nSPS) is 12.3. The van der Waals surface area contributed by atoms with Gasteiger partial charge in [0.05, 0.1) is 6.10 Å². The summed E-state index contributed by atoms with van der Waals surface area (Å²) in [6, 6.07) is 9.86. The molecule has 3 nitrogen and oxygen atoms in total. The molecule has 94 valence electrons. The number of hydrogen-bond acceptors (Lipinski definition) is 3. The van der Waals surface area contributed by atoms with Crippen LogP contribution in [-0.4, -0.2) is 16.6 Å². The predicted octanol–water partition coefficient (Wildman–Crippen LogP) is 2.04. The SMILES string of the molecule is OC(CNCc1ccc(F)cc1)c1ccncc1. The number of aromatic nitrogens is 1. The lowest BCUT2D eigenvalue weighted by molar-refractivity contribution is 0.174. The third-order valence-corrected chi connectivity index (χ3v) is 2.67. The van der Waals surface area contributed by atoms with Crippen LogP contribution in [0.25, 0.3) is 0 Å². The molecule has 0 aliphatic rings. The molecule has 1 atom stereocenters. The smallest absolute Gasteiger partial charge is 0.123 e. The van der Waals surface area contributed by atoms with Crippen LogP contribution in [0.2, 0.25) is 0 Å². The van der Waals surface area contributed by atoms with Gasteiger partial charge < -0.3 is 10.4 Å². The molecule has 0 aliphatic carbocycles. The summed E-state index contributed by atoms with van der Waals surface area (Å²) in [5.41, 5.74) is 1.81.